The summed E-state index contributed by atoms with van der Waals surface area (Å²) in [6.45, 7) is -1.44. The molecule has 2 aromatic heterocycles. The molecule has 0 spiro atoms. The predicted octanol–water partition coefficient (Wildman–Crippen LogP) is 3.86. The number of nitrogens with one attached hydrogen (secondary N) is 2. The van der Waals surface area contributed by atoms with Crippen molar-refractivity contribution in [2.75, 3.05) is 11.9 Å². The molecule has 0 unspecified atom stereocenters. The van der Waals surface area contributed by atoms with Crippen LogP contribution >= 0.6 is 0 Å². The minimum absolute atomic E-state index is 0.00504. The first kappa shape index (κ1) is 23.4. The highest BCUT2D eigenvalue weighted by Crippen LogP contribution is 2.22. The van der Waals surface area contributed by atoms with Crippen LogP contribution < -0.4 is 10.6 Å². The normalized spacial score (nSPS) is 11.8. The summed E-state index contributed by atoms with van der Waals surface area (Å²) in [6.07, 6.45) is -1.62. The smallest absolute Gasteiger partial charge is 0.405 e. The number of anilines is 1. The van der Waals surface area contributed by atoms with Crippen LogP contribution in [0, 0.1) is 0 Å². The van der Waals surface area contributed by atoms with E-state index in [4.69, 9.17) is 4.42 Å². The molecule has 2 heterocycles. The average Bonchev–Trinajstić information content (AvgIpc) is 3.54. The quantitative estimate of drug-likeness (QED) is 0.387. The lowest BCUT2D eigenvalue weighted by Crippen LogP contribution is -2.33. The average molecular weight is 482 g/mol. The summed E-state index contributed by atoms with van der Waals surface area (Å²) >= 11 is 0. The minimum atomic E-state index is -4.52. The van der Waals surface area contributed by atoms with Gasteiger partial charge in [-0.15, -0.1) is 5.10 Å². The van der Waals surface area contributed by atoms with Crippen LogP contribution in [0.1, 0.15) is 16.1 Å². The molecule has 0 fully saturated rings. The number of hydrogen-bond acceptors (Lipinski definition) is 6. The van der Waals surface area contributed by atoms with Gasteiger partial charge >= 0.3 is 6.18 Å². The summed E-state index contributed by atoms with van der Waals surface area (Å²) in [5.41, 5.74) is 1.01. The van der Waals surface area contributed by atoms with E-state index < -0.39 is 24.5 Å². The maximum absolute atomic E-state index is 13.2. The van der Waals surface area contributed by atoms with Gasteiger partial charge in [0.2, 0.25) is 0 Å². The third-order valence-corrected chi connectivity index (χ3v) is 4.64. The van der Waals surface area contributed by atoms with E-state index in [9.17, 15) is 22.8 Å². The van der Waals surface area contributed by atoms with Crippen molar-refractivity contribution in [3.8, 4) is 11.4 Å². The van der Waals surface area contributed by atoms with Crippen molar-refractivity contribution in [2.24, 2.45) is 0 Å². The second-order valence-corrected chi connectivity index (χ2v) is 7.15. The Bertz CT molecular complexity index is 1330. The molecule has 178 valence electrons. The lowest BCUT2D eigenvalue weighted by molar-refractivity contribution is -0.123. The van der Waals surface area contributed by atoms with Crippen molar-refractivity contribution >= 4 is 29.3 Å². The molecule has 0 saturated carbocycles. The molecule has 9 nitrogen and oxygen atoms in total. The van der Waals surface area contributed by atoms with E-state index >= 15 is 0 Å². The van der Waals surface area contributed by atoms with Crippen LogP contribution in [-0.4, -0.2) is 44.7 Å². The van der Waals surface area contributed by atoms with Gasteiger partial charge in [0.25, 0.3) is 11.8 Å². The number of furan rings is 1. The number of alkyl halides is 3. The fraction of sp³-hybridized carbons (Fsp3) is 0.0870. The van der Waals surface area contributed by atoms with E-state index in [0.717, 1.165) is 0 Å². The molecule has 0 aliphatic rings. The summed E-state index contributed by atoms with van der Waals surface area (Å²) < 4.78 is 43.5. The van der Waals surface area contributed by atoms with E-state index in [1.165, 1.54) is 41.3 Å². The van der Waals surface area contributed by atoms with Crippen LogP contribution in [0.2, 0.25) is 0 Å². The number of carbonyl (C=O) groups is 2. The summed E-state index contributed by atoms with van der Waals surface area (Å²) in [7, 11) is 0. The van der Waals surface area contributed by atoms with Crippen LogP contribution in [0.25, 0.3) is 23.2 Å². The van der Waals surface area contributed by atoms with Crippen molar-refractivity contribution in [2.45, 2.75) is 6.18 Å². The van der Waals surface area contributed by atoms with Gasteiger partial charge in [-0.25, -0.2) is 0 Å². The molecule has 4 rings (SSSR count). The zero-order valence-electron chi connectivity index (χ0n) is 17.9. The summed E-state index contributed by atoms with van der Waals surface area (Å²) in [4.78, 5) is 25.1. The van der Waals surface area contributed by atoms with Gasteiger partial charge < -0.3 is 15.1 Å². The maximum Gasteiger partial charge on any atom is 0.405 e. The minimum Gasteiger partial charge on any atom is -0.465 e. The Morgan fingerprint density at radius 3 is 2.40 bits per heavy atom. The molecular formula is C23H17F3N6O3. The molecule has 0 radical (unpaired) electrons. The van der Waals surface area contributed by atoms with Crippen LogP contribution in [0.5, 0.6) is 0 Å². The monoisotopic (exact) mass is 482 g/mol. The number of benzene rings is 2. The van der Waals surface area contributed by atoms with Gasteiger partial charge in [0, 0.05) is 22.9 Å². The van der Waals surface area contributed by atoms with Crippen LogP contribution in [0.3, 0.4) is 0 Å². The van der Waals surface area contributed by atoms with E-state index in [1.807, 2.05) is 6.07 Å². The van der Waals surface area contributed by atoms with Crippen molar-refractivity contribution in [3.63, 3.8) is 0 Å². The number of amides is 2. The molecule has 0 bridgehead atoms. The van der Waals surface area contributed by atoms with Gasteiger partial charge in [-0.3, -0.25) is 9.59 Å². The standard InChI is InChI=1S/C23H17F3N6O3/c24-23(25,26)14-27-21(33)16-8-10-17(11-9-16)28-22(34)19(13-18-7-4-12-35-18)32-20(29-30-31-32)15-5-2-1-3-6-15/h1-13H,14H2,(H,27,33)(H,28,34)/b19-13-. The zero-order valence-corrected chi connectivity index (χ0v) is 17.9. The van der Waals surface area contributed by atoms with E-state index in [-0.39, 0.29) is 11.3 Å². The Morgan fingerprint density at radius 2 is 1.74 bits per heavy atom. The predicted molar refractivity (Wildman–Crippen MR) is 120 cm³/mol. The highest BCUT2D eigenvalue weighted by Gasteiger charge is 2.28. The summed E-state index contributed by atoms with van der Waals surface area (Å²) in [5, 5.41) is 16.1. The molecule has 2 amide bonds. The van der Waals surface area contributed by atoms with Crippen molar-refractivity contribution in [1.29, 1.82) is 0 Å². The Labute approximate surface area is 196 Å². The van der Waals surface area contributed by atoms with Gasteiger partial charge in [-0.05, 0) is 46.8 Å². The molecular weight excluding hydrogens is 465 g/mol. The van der Waals surface area contributed by atoms with Crippen molar-refractivity contribution in [3.05, 3.63) is 84.3 Å². The van der Waals surface area contributed by atoms with Gasteiger partial charge in [0.15, 0.2) is 5.82 Å². The summed E-state index contributed by atoms with van der Waals surface area (Å²) in [6, 6.07) is 17.7. The van der Waals surface area contributed by atoms with Gasteiger partial charge in [0.05, 0.1) is 6.26 Å². The number of halogens is 3. The fourth-order valence-corrected chi connectivity index (χ4v) is 3.03. The Hall–Kier alpha value is -4.74. The second kappa shape index (κ2) is 10.0. The number of aromatic nitrogens is 4. The first-order valence-electron chi connectivity index (χ1n) is 10.2. The molecule has 35 heavy (non-hydrogen) atoms. The SMILES string of the molecule is O=C(Nc1ccc(C(=O)NCC(F)(F)F)cc1)/C(=C/c1ccco1)n1nnnc1-c1ccccc1. The molecule has 12 heteroatoms. The fourth-order valence-electron chi connectivity index (χ4n) is 3.03. The second-order valence-electron chi connectivity index (χ2n) is 7.15. The molecule has 0 aliphatic carbocycles. The summed E-state index contributed by atoms with van der Waals surface area (Å²) in [5.74, 6) is -0.795. The van der Waals surface area contributed by atoms with Crippen molar-refractivity contribution < 1.29 is 27.2 Å². The first-order chi connectivity index (χ1) is 16.8. The van der Waals surface area contributed by atoms with Crippen molar-refractivity contribution in [1.82, 2.24) is 25.5 Å². The van der Waals surface area contributed by atoms with E-state index in [1.54, 1.807) is 41.7 Å². The van der Waals surface area contributed by atoms with Gasteiger partial charge in [-0.1, -0.05) is 30.3 Å². The Kier molecular flexibility index (Phi) is 6.71. The van der Waals surface area contributed by atoms with E-state index in [2.05, 4.69) is 20.8 Å². The van der Waals surface area contributed by atoms with E-state index in [0.29, 0.717) is 22.8 Å². The third kappa shape index (κ3) is 5.99. The topological polar surface area (TPSA) is 115 Å². The first-order valence-corrected chi connectivity index (χ1v) is 10.2. The Morgan fingerprint density at radius 1 is 1.00 bits per heavy atom. The number of rotatable bonds is 7. The molecule has 2 aromatic carbocycles. The van der Waals surface area contributed by atoms with Crippen LogP contribution in [-0.2, 0) is 4.79 Å². The van der Waals surface area contributed by atoms with Gasteiger partial charge in [0.1, 0.15) is 18.0 Å². The number of tetrazole rings is 1. The molecule has 0 saturated heterocycles. The molecule has 4 aromatic rings. The highest BCUT2D eigenvalue weighted by molar-refractivity contribution is 6.24. The third-order valence-electron chi connectivity index (χ3n) is 4.64. The Balaban J connectivity index is 1.57. The number of hydrogen-bond donors (Lipinski definition) is 2. The number of carbonyl (C=O) groups excluding carboxylic acids is 2. The lowest BCUT2D eigenvalue weighted by Gasteiger charge is -2.11. The van der Waals surface area contributed by atoms with Gasteiger partial charge in [-0.2, -0.15) is 17.9 Å². The highest BCUT2D eigenvalue weighted by atomic mass is 19.4. The maximum atomic E-state index is 13.2. The number of nitrogens with zero attached hydrogens (tertiary/aromatic N) is 4. The largest absolute Gasteiger partial charge is 0.465 e. The lowest BCUT2D eigenvalue weighted by atomic mass is 10.2. The van der Waals surface area contributed by atoms with Crippen LogP contribution in [0.4, 0.5) is 18.9 Å². The van der Waals surface area contributed by atoms with Crippen LogP contribution in [0.15, 0.2) is 77.4 Å². The molecule has 2 N–H and O–H groups in total. The molecule has 0 aliphatic heterocycles. The molecule has 0 atom stereocenters. The zero-order chi connectivity index (χ0) is 24.8.